The van der Waals surface area contributed by atoms with Crippen LogP contribution >= 0.6 is 0 Å². The lowest BCUT2D eigenvalue weighted by atomic mass is 10.0. The topological polar surface area (TPSA) is 108 Å². The third-order valence-corrected chi connectivity index (χ3v) is 3.33. The lowest BCUT2D eigenvalue weighted by molar-refractivity contribution is -0.141. The van der Waals surface area contributed by atoms with E-state index in [2.05, 4.69) is 10.3 Å². The number of fused-ring (bicyclic) bond motifs is 1. The second-order valence-corrected chi connectivity index (χ2v) is 4.81. The van der Waals surface area contributed by atoms with Crippen molar-refractivity contribution in [3.63, 3.8) is 0 Å². The molecule has 0 saturated carbocycles. The maximum Gasteiger partial charge on any atom is 0.326 e. The number of carbonyl (C=O) groups excluding carboxylic acids is 1. The van der Waals surface area contributed by atoms with Gasteiger partial charge in [0.1, 0.15) is 6.04 Å². The fourth-order valence-corrected chi connectivity index (χ4v) is 2.33. The molecule has 0 aliphatic rings. The largest absolute Gasteiger partial charge is 0.480 e. The van der Waals surface area contributed by atoms with Crippen molar-refractivity contribution >= 4 is 28.5 Å². The highest BCUT2D eigenvalue weighted by molar-refractivity contribution is 5.91. The molecule has 1 unspecified atom stereocenters. The fourth-order valence-electron chi connectivity index (χ4n) is 2.33. The van der Waals surface area contributed by atoms with Crippen LogP contribution in [0, 0.1) is 6.92 Å². The van der Waals surface area contributed by atoms with Gasteiger partial charge in [0.25, 0.3) is 0 Å². The van der Waals surface area contributed by atoms with E-state index in [4.69, 9.17) is 10.8 Å². The van der Waals surface area contributed by atoms with E-state index in [0.29, 0.717) is 5.69 Å². The minimum atomic E-state index is -1.06. The number of benzene rings is 1. The number of carbonyl (C=O) groups is 2. The van der Waals surface area contributed by atoms with Crippen molar-refractivity contribution in [2.45, 2.75) is 26.3 Å². The van der Waals surface area contributed by atoms with Crippen molar-refractivity contribution in [3.8, 4) is 0 Å². The maximum atomic E-state index is 11.2. The Balaban J connectivity index is 2.40. The normalized spacial score (nSPS) is 12.3. The summed E-state index contributed by atoms with van der Waals surface area (Å²) in [4.78, 5) is 25.4. The van der Waals surface area contributed by atoms with Crippen molar-refractivity contribution < 1.29 is 14.7 Å². The quantitative estimate of drug-likeness (QED) is 0.628. The van der Waals surface area contributed by atoms with Crippen molar-refractivity contribution in [1.29, 1.82) is 0 Å². The van der Waals surface area contributed by atoms with Gasteiger partial charge in [-0.05, 0) is 30.2 Å². The number of anilines is 1. The van der Waals surface area contributed by atoms with E-state index in [9.17, 15) is 9.59 Å². The average molecular weight is 275 g/mol. The third-order valence-electron chi connectivity index (χ3n) is 3.33. The van der Waals surface area contributed by atoms with E-state index in [1.807, 2.05) is 13.0 Å². The number of amides is 1. The summed E-state index contributed by atoms with van der Waals surface area (Å²) in [6, 6.07) is 2.71. The van der Waals surface area contributed by atoms with Crippen molar-refractivity contribution in [1.82, 2.24) is 10.3 Å². The van der Waals surface area contributed by atoms with Gasteiger partial charge in [-0.2, -0.15) is 0 Å². The van der Waals surface area contributed by atoms with Crippen LogP contribution in [0.5, 0.6) is 0 Å². The minimum Gasteiger partial charge on any atom is -0.480 e. The van der Waals surface area contributed by atoms with Crippen LogP contribution in [0.3, 0.4) is 0 Å². The zero-order valence-electron chi connectivity index (χ0n) is 11.4. The molecule has 0 bridgehead atoms. The first-order valence-electron chi connectivity index (χ1n) is 6.25. The molecule has 106 valence electrons. The zero-order valence-corrected chi connectivity index (χ0v) is 11.4. The molecule has 5 N–H and O–H groups in total. The van der Waals surface area contributed by atoms with Crippen LogP contribution in [0.25, 0.3) is 10.9 Å². The van der Waals surface area contributed by atoms with Crippen molar-refractivity contribution in [2.75, 3.05) is 5.73 Å². The Labute approximate surface area is 116 Å². The molecule has 6 heteroatoms. The van der Waals surface area contributed by atoms with E-state index in [1.54, 1.807) is 12.3 Å². The van der Waals surface area contributed by atoms with Crippen LogP contribution in [0.1, 0.15) is 18.1 Å². The predicted octanol–water partition coefficient (Wildman–Crippen LogP) is 1.19. The number of hydrogen-bond acceptors (Lipinski definition) is 3. The molecular formula is C14H17N3O3. The van der Waals surface area contributed by atoms with E-state index in [0.717, 1.165) is 22.0 Å². The standard InChI is InChI=1S/C14H17N3O3/c1-7-10(15)3-4-11-13(7)9(6-16-11)5-12(14(19)20)17-8(2)18/h3-4,6,12,16H,5,15H2,1-2H3,(H,17,18)(H,19,20). The van der Waals surface area contributed by atoms with Gasteiger partial charge in [0.15, 0.2) is 0 Å². The summed E-state index contributed by atoms with van der Waals surface area (Å²) in [7, 11) is 0. The van der Waals surface area contributed by atoms with Crippen molar-refractivity contribution in [3.05, 3.63) is 29.5 Å². The number of aliphatic carboxylic acids is 1. The van der Waals surface area contributed by atoms with Crippen LogP contribution in [-0.4, -0.2) is 28.0 Å². The Bertz CT molecular complexity index is 676. The number of hydrogen-bond donors (Lipinski definition) is 4. The number of nitrogen functional groups attached to an aromatic ring is 1. The second-order valence-electron chi connectivity index (χ2n) is 4.81. The molecule has 1 heterocycles. The molecule has 2 rings (SSSR count). The third kappa shape index (κ3) is 2.59. The van der Waals surface area contributed by atoms with E-state index in [1.165, 1.54) is 6.92 Å². The lowest BCUT2D eigenvalue weighted by Gasteiger charge is -2.13. The number of aromatic nitrogens is 1. The van der Waals surface area contributed by atoms with Crippen LogP contribution in [0.2, 0.25) is 0 Å². The molecule has 1 aromatic heterocycles. The van der Waals surface area contributed by atoms with Gasteiger partial charge in [-0.25, -0.2) is 4.79 Å². The maximum absolute atomic E-state index is 11.2. The Kier molecular flexibility index (Phi) is 3.65. The Hall–Kier alpha value is -2.50. The number of carboxylic acids is 1. The van der Waals surface area contributed by atoms with Gasteiger partial charge >= 0.3 is 5.97 Å². The molecule has 0 spiro atoms. The van der Waals surface area contributed by atoms with E-state index < -0.39 is 12.0 Å². The van der Waals surface area contributed by atoms with Crippen LogP contribution in [0.4, 0.5) is 5.69 Å². The highest BCUT2D eigenvalue weighted by Gasteiger charge is 2.21. The molecule has 0 radical (unpaired) electrons. The molecule has 2 aromatic rings. The van der Waals surface area contributed by atoms with E-state index in [-0.39, 0.29) is 12.3 Å². The first-order valence-corrected chi connectivity index (χ1v) is 6.25. The molecule has 1 amide bonds. The van der Waals surface area contributed by atoms with Crippen LogP contribution in [-0.2, 0) is 16.0 Å². The smallest absolute Gasteiger partial charge is 0.326 e. The molecule has 0 aliphatic carbocycles. The first-order chi connectivity index (χ1) is 9.40. The summed E-state index contributed by atoms with van der Waals surface area (Å²) in [6.45, 7) is 3.19. The van der Waals surface area contributed by atoms with Crippen LogP contribution < -0.4 is 11.1 Å². The van der Waals surface area contributed by atoms with Crippen molar-refractivity contribution in [2.24, 2.45) is 0 Å². The minimum absolute atomic E-state index is 0.208. The summed E-state index contributed by atoms with van der Waals surface area (Å²) in [5.74, 6) is -1.43. The number of aryl methyl sites for hydroxylation is 1. The molecule has 0 saturated heterocycles. The van der Waals surface area contributed by atoms with Crippen LogP contribution in [0.15, 0.2) is 18.3 Å². The van der Waals surface area contributed by atoms with Gasteiger partial charge in [0.05, 0.1) is 0 Å². The van der Waals surface area contributed by atoms with Gasteiger partial charge in [0, 0.05) is 36.1 Å². The summed E-state index contributed by atoms with van der Waals surface area (Å²) < 4.78 is 0. The summed E-state index contributed by atoms with van der Waals surface area (Å²) in [5, 5.41) is 12.5. The summed E-state index contributed by atoms with van der Waals surface area (Å²) in [5.41, 5.74) is 9.18. The fraction of sp³-hybridized carbons (Fsp3) is 0.286. The van der Waals surface area contributed by atoms with Gasteiger partial charge in [-0.1, -0.05) is 0 Å². The number of H-pyrrole nitrogens is 1. The lowest BCUT2D eigenvalue weighted by Crippen LogP contribution is -2.41. The molecule has 0 aliphatic heterocycles. The Morgan fingerprint density at radius 2 is 2.15 bits per heavy atom. The highest BCUT2D eigenvalue weighted by Crippen LogP contribution is 2.27. The average Bonchev–Trinajstić information content (AvgIpc) is 2.76. The Morgan fingerprint density at radius 1 is 1.45 bits per heavy atom. The number of aromatic amines is 1. The monoisotopic (exact) mass is 275 g/mol. The number of nitrogens with two attached hydrogens (primary N) is 1. The van der Waals surface area contributed by atoms with Gasteiger partial charge in [0.2, 0.25) is 5.91 Å². The molecule has 0 fully saturated rings. The molecular weight excluding hydrogens is 258 g/mol. The molecule has 6 nitrogen and oxygen atoms in total. The molecule has 1 aromatic carbocycles. The molecule has 20 heavy (non-hydrogen) atoms. The Morgan fingerprint density at radius 3 is 2.75 bits per heavy atom. The van der Waals surface area contributed by atoms with E-state index >= 15 is 0 Å². The number of nitrogens with one attached hydrogen (secondary N) is 2. The number of rotatable bonds is 4. The van der Waals surface area contributed by atoms with Gasteiger partial charge < -0.3 is 21.1 Å². The first kappa shape index (κ1) is 13.9. The molecule has 1 atom stereocenters. The summed E-state index contributed by atoms with van der Waals surface area (Å²) in [6.07, 6.45) is 1.97. The predicted molar refractivity (Wildman–Crippen MR) is 76.4 cm³/mol. The highest BCUT2D eigenvalue weighted by atomic mass is 16.4. The SMILES string of the molecule is CC(=O)NC(Cc1c[nH]c2ccc(N)c(C)c12)C(=O)O. The summed E-state index contributed by atoms with van der Waals surface area (Å²) >= 11 is 0. The van der Waals surface area contributed by atoms with Gasteiger partial charge in [-0.15, -0.1) is 0 Å². The zero-order chi connectivity index (χ0) is 14.9. The second kappa shape index (κ2) is 5.24. The number of carboxylic acid groups (broad SMARTS) is 1. The van der Waals surface area contributed by atoms with Gasteiger partial charge in [-0.3, -0.25) is 4.79 Å².